The van der Waals surface area contributed by atoms with Crippen molar-refractivity contribution < 1.29 is 14.1 Å². The first-order valence-electron chi connectivity index (χ1n) is 11.0. The minimum atomic E-state index is -0.462. The van der Waals surface area contributed by atoms with Crippen LogP contribution in [-0.4, -0.2) is 17.0 Å². The molecule has 4 rings (SSSR count). The number of rotatable bonds is 7. The predicted molar refractivity (Wildman–Crippen MR) is 127 cm³/mol. The normalized spacial score (nSPS) is 15.2. The maximum absolute atomic E-state index is 13.0. The van der Waals surface area contributed by atoms with Crippen LogP contribution in [-0.2, 0) is 9.59 Å². The van der Waals surface area contributed by atoms with Gasteiger partial charge in [-0.25, -0.2) is 0 Å². The van der Waals surface area contributed by atoms with Crippen molar-refractivity contribution in [3.05, 3.63) is 72.0 Å². The second kappa shape index (κ2) is 10.5. The molecule has 1 atom stereocenters. The third kappa shape index (κ3) is 5.79. The Bertz CT molecular complexity index is 1040. The summed E-state index contributed by atoms with van der Waals surface area (Å²) in [4.78, 5) is 26.5. The van der Waals surface area contributed by atoms with Crippen LogP contribution in [0.5, 0.6) is 0 Å². The van der Waals surface area contributed by atoms with Gasteiger partial charge >= 0.3 is 0 Å². The molecule has 1 aliphatic rings. The molecule has 0 spiro atoms. The summed E-state index contributed by atoms with van der Waals surface area (Å²) in [5, 5.41) is 9.27. The van der Waals surface area contributed by atoms with Gasteiger partial charge in [0.1, 0.15) is 11.0 Å². The lowest BCUT2D eigenvalue weighted by Gasteiger charge is -2.21. The molecule has 2 N–H and O–H groups in total. The van der Waals surface area contributed by atoms with Crippen LogP contribution in [0, 0.1) is 12.8 Å². The number of hydrogen-bond donors (Lipinski definition) is 2. The van der Waals surface area contributed by atoms with E-state index in [1.165, 1.54) is 18.2 Å². The number of thioether (sulfide) groups is 1. The second-order valence-corrected chi connectivity index (χ2v) is 9.25. The van der Waals surface area contributed by atoms with Gasteiger partial charge < -0.3 is 15.2 Å². The van der Waals surface area contributed by atoms with Gasteiger partial charge in [-0.1, -0.05) is 54.8 Å². The fraction of sp³-hybridized carbons (Fsp3) is 0.320. The standard InChI is InChI=1S/C25H27N3O3S/c1-17-16-22(28-31-17)27-25(30)23(18-8-4-2-5-9-18)32-21-14-12-20(13-15-21)26-24(29)19-10-6-3-7-11-19/h2,4-5,8-9,12-16,19,23H,3,6-7,10-11H2,1H3,(H,26,29)(H,27,28,30). The number of aromatic nitrogens is 1. The van der Waals surface area contributed by atoms with Crippen LogP contribution in [0.3, 0.4) is 0 Å². The van der Waals surface area contributed by atoms with E-state index in [-0.39, 0.29) is 17.7 Å². The molecule has 1 fully saturated rings. The molecule has 0 bridgehead atoms. The van der Waals surface area contributed by atoms with Crippen molar-refractivity contribution in [2.75, 3.05) is 10.6 Å². The molecule has 1 heterocycles. The second-order valence-electron chi connectivity index (χ2n) is 8.07. The van der Waals surface area contributed by atoms with Crippen molar-refractivity contribution in [2.45, 2.75) is 49.2 Å². The highest BCUT2D eigenvalue weighted by molar-refractivity contribution is 8.00. The van der Waals surface area contributed by atoms with E-state index in [1.54, 1.807) is 13.0 Å². The molecule has 2 amide bonds. The Morgan fingerprint density at radius 3 is 2.38 bits per heavy atom. The maximum Gasteiger partial charge on any atom is 0.243 e. The summed E-state index contributed by atoms with van der Waals surface area (Å²) in [7, 11) is 0. The summed E-state index contributed by atoms with van der Waals surface area (Å²) in [5.74, 6) is 1.08. The molecule has 2 aromatic carbocycles. The maximum atomic E-state index is 13.0. The highest BCUT2D eigenvalue weighted by Crippen LogP contribution is 2.37. The van der Waals surface area contributed by atoms with Gasteiger partial charge in [-0.2, -0.15) is 0 Å². The van der Waals surface area contributed by atoms with Crippen LogP contribution in [0.25, 0.3) is 0 Å². The summed E-state index contributed by atoms with van der Waals surface area (Å²) < 4.78 is 5.05. The Labute approximate surface area is 192 Å². The molecule has 0 saturated heterocycles. The van der Waals surface area contributed by atoms with Crippen LogP contribution in [0.4, 0.5) is 11.5 Å². The molecule has 3 aromatic rings. The molecule has 166 valence electrons. The summed E-state index contributed by atoms with van der Waals surface area (Å²) in [6.45, 7) is 1.78. The highest BCUT2D eigenvalue weighted by atomic mass is 32.2. The topological polar surface area (TPSA) is 84.2 Å². The first-order chi connectivity index (χ1) is 15.6. The van der Waals surface area contributed by atoms with Gasteiger partial charge in [-0.15, -0.1) is 11.8 Å². The third-order valence-electron chi connectivity index (χ3n) is 5.57. The van der Waals surface area contributed by atoms with Gasteiger partial charge in [0.05, 0.1) is 0 Å². The summed E-state index contributed by atoms with van der Waals surface area (Å²) in [6, 6.07) is 19.0. The van der Waals surface area contributed by atoms with Crippen LogP contribution in [0.15, 0.2) is 70.1 Å². The van der Waals surface area contributed by atoms with E-state index in [9.17, 15) is 9.59 Å². The Morgan fingerprint density at radius 2 is 1.72 bits per heavy atom. The molecule has 32 heavy (non-hydrogen) atoms. The smallest absolute Gasteiger partial charge is 0.243 e. The zero-order chi connectivity index (χ0) is 22.3. The average molecular weight is 450 g/mol. The lowest BCUT2D eigenvalue weighted by atomic mass is 9.88. The van der Waals surface area contributed by atoms with Crippen molar-refractivity contribution in [1.82, 2.24) is 5.16 Å². The Morgan fingerprint density at radius 1 is 1.00 bits per heavy atom. The van der Waals surface area contributed by atoms with E-state index >= 15 is 0 Å². The number of amides is 2. The number of aryl methyl sites for hydroxylation is 1. The number of nitrogens with one attached hydrogen (secondary N) is 2. The predicted octanol–water partition coefficient (Wildman–Crippen LogP) is 5.97. The summed E-state index contributed by atoms with van der Waals surface area (Å²) in [5.41, 5.74) is 1.67. The van der Waals surface area contributed by atoms with Gasteiger partial charge in [-0.05, 0) is 49.6 Å². The van der Waals surface area contributed by atoms with Gasteiger partial charge in [0.2, 0.25) is 11.8 Å². The van der Waals surface area contributed by atoms with Crippen molar-refractivity contribution in [3.8, 4) is 0 Å². The number of benzene rings is 2. The van der Waals surface area contributed by atoms with Gasteiger partial charge in [0.15, 0.2) is 5.82 Å². The Kier molecular flexibility index (Phi) is 7.27. The van der Waals surface area contributed by atoms with Crippen molar-refractivity contribution >= 4 is 35.1 Å². The van der Waals surface area contributed by atoms with E-state index in [0.29, 0.717) is 11.6 Å². The molecular weight excluding hydrogens is 422 g/mol. The van der Waals surface area contributed by atoms with E-state index in [2.05, 4.69) is 15.8 Å². The van der Waals surface area contributed by atoms with E-state index in [1.807, 2.05) is 54.6 Å². The van der Waals surface area contributed by atoms with E-state index < -0.39 is 5.25 Å². The molecule has 6 nitrogen and oxygen atoms in total. The monoisotopic (exact) mass is 449 g/mol. The molecule has 0 aliphatic heterocycles. The van der Waals surface area contributed by atoms with E-state index in [0.717, 1.165) is 41.8 Å². The van der Waals surface area contributed by atoms with Gasteiger partial charge in [0.25, 0.3) is 0 Å². The van der Waals surface area contributed by atoms with Crippen LogP contribution in [0.1, 0.15) is 48.7 Å². The Hall–Kier alpha value is -3.06. The van der Waals surface area contributed by atoms with Crippen LogP contribution >= 0.6 is 11.8 Å². The third-order valence-corrected chi connectivity index (χ3v) is 6.84. The zero-order valence-electron chi connectivity index (χ0n) is 18.0. The number of carbonyl (C=O) groups excluding carboxylic acids is 2. The molecular formula is C25H27N3O3S. The largest absolute Gasteiger partial charge is 0.360 e. The molecule has 1 aromatic heterocycles. The Balaban J connectivity index is 1.44. The molecule has 0 radical (unpaired) electrons. The van der Waals surface area contributed by atoms with Gasteiger partial charge in [0, 0.05) is 22.6 Å². The van der Waals surface area contributed by atoms with Crippen molar-refractivity contribution in [2.24, 2.45) is 5.92 Å². The minimum absolute atomic E-state index is 0.106. The summed E-state index contributed by atoms with van der Waals surface area (Å²) in [6.07, 6.45) is 5.43. The lowest BCUT2D eigenvalue weighted by Crippen LogP contribution is -2.24. The molecule has 7 heteroatoms. The number of nitrogens with zero attached hydrogens (tertiary/aromatic N) is 1. The first kappa shape index (κ1) is 22.1. The van der Waals surface area contributed by atoms with Gasteiger partial charge in [-0.3, -0.25) is 9.59 Å². The molecule has 1 aliphatic carbocycles. The molecule has 1 unspecified atom stereocenters. The highest BCUT2D eigenvalue weighted by Gasteiger charge is 2.24. The fourth-order valence-electron chi connectivity index (χ4n) is 3.88. The SMILES string of the molecule is Cc1cc(NC(=O)C(Sc2ccc(NC(=O)C3CCCCC3)cc2)c2ccccc2)no1. The van der Waals surface area contributed by atoms with Crippen molar-refractivity contribution in [3.63, 3.8) is 0 Å². The zero-order valence-corrected chi connectivity index (χ0v) is 18.9. The number of hydrogen-bond acceptors (Lipinski definition) is 5. The number of anilines is 2. The summed E-state index contributed by atoms with van der Waals surface area (Å²) >= 11 is 1.45. The average Bonchev–Trinajstić information content (AvgIpc) is 3.24. The number of carbonyl (C=O) groups is 2. The minimum Gasteiger partial charge on any atom is -0.360 e. The van der Waals surface area contributed by atoms with Crippen LogP contribution < -0.4 is 10.6 Å². The van der Waals surface area contributed by atoms with Crippen LogP contribution in [0.2, 0.25) is 0 Å². The fourth-order valence-corrected chi connectivity index (χ4v) is 4.90. The quantitative estimate of drug-likeness (QED) is 0.434. The molecule has 1 saturated carbocycles. The first-order valence-corrected chi connectivity index (χ1v) is 11.8. The van der Waals surface area contributed by atoms with E-state index in [4.69, 9.17) is 4.52 Å². The lowest BCUT2D eigenvalue weighted by molar-refractivity contribution is -0.120. The van der Waals surface area contributed by atoms with Crippen molar-refractivity contribution in [1.29, 1.82) is 0 Å².